The summed E-state index contributed by atoms with van der Waals surface area (Å²) in [7, 11) is 0. The predicted molar refractivity (Wildman–Crippen MR) is 110 cm³/mol. The molecule has 154 valence electrons. The van der Waals surface area contributed by atoms with Gasteiger partial charge >= 0.3 is 6.09 Å². The first-order chi connectivity index (χ1) is 13.2. The number of alkyl carbamates (subject to hydrolysis) is 1. The first-order valence-electron chi connectivity index (χ1n) is 9.41. The van der Waals surface area contributed by atoms with Gasteiger partial charge in [0.15, 0.2) is 0 Å². The van der Waals surface area contributed by atoms with Crippen molar-refractivity contribution < 1.29 is 19.1 Å². The summed E-state index contributed by atoms with van der Waals surface area (Å²) in [4.78, 5) is 40.2. The first kappa shape index (κ1) is 22.2. The van der Waals surface area contributed by atoms with Gasteiger partial charge in [-0.2, -0.15) is 0 Å². The minimum Gasteiger partial charge on any atom is -0.444 e. The molecule has 0 spiro atoms. The summed E-state index contributed by atoms with van der Waals surface area (Å²) < 4.78 is 6.06. The van der Waals surface area contributed by atoms with Crippen LogP contribution < -0.4 is 5.32 Å². The highest BCUT2D eigenvalue weighted by Crippen LogP contribution is 2.17. The smallest absolute Gasteiger partial charge is 0.408 e. The maximum absolute atomic E-state index is 12.6. The minimum atomic E-state index is -0.610. The van der Waals surface area contributed by atoms with Gasteiger partial charge in [0, 0.05) is 30.7 Å². The summed E-state index contributed by atoms with van der Waals surface area (Å²) in [5, 5.41) is 2.49. The zero-order valence-electron chi connectivity index (χ0n) is 16.7. The summed E-state index contributed by atoms with van der Waals surface area (Å²) in [6.07, 6.45) is 0.427. The molecule has 1 saturated heterocycles. The summed E-state index contributed by atoms with van der Waals surface area (Å²) in [6.45, 7) is 7.31. The number of carbonyl (C=O) groups is 3. The molecular weight excluding hydrogens is 426 g/mol. The molecule has 2 rings (SSSR count). The van der Waals surface area contributed by atoms with E-state index in [1.807, 2.05) is 24.3 Å². The van der Waals surface area contributed by atoms with Crippen molar-refractivity contribution in [1.82, 2.24) is 15.1 Å². The third-order valence-electron chi connectivity index (χ3n) is 4.28. The van der Waals surface area contributed by atoms with Crippen LogP contribution in [-0.4, -0.2) is 66.0 Å². The zero-order chi connectivity index (χ0) is 20.7. The average molecular weight is 454 g/mol. The molecule has 3 amide bonds. The standard InChI is InChI=1S/C20H28BrN3O4/c1-20(2,3)28-19(27)22-14-18(26)24-10-6-9-23(11-12-24)17(25)13-15-7-4-5-8-16(15)21/h4-5,7-8H,6,9-14H2,1-3H3,(H,22,27). The highest BCUT2D eigenvalue weighted by atomic mass is 79.9. The Bertz CT molecular complexity index is 718. The Kier molecular flexibility index (Phi) is 7.86. The Hall–Kier alpha value is -2.09. The van der Waals surface area contributed by atoms with Gasteiger partial charge in [0.05, 0.1) is 6.42 Å². The van der Waals surface area contributed by atoms with Gasteiger partial charge in [0.1, 0.15) is 12.1 Å². The molecular formula is C20H28BrN3O4. The lowest BCUT2D eigenvalue weighted by molar-refractivity contribution is -0.132. The zero-order valence-corrected chi connectivity index (χ0v) is 18.3. The van der Waals surface area contributed by atoms with Crippen LogP contribution in [0.2, 0.25) is 0 Å². The van der Waals surface area contributed by atoms with E-state index in [0.29, 0.717) is 39.0 Å². The van der Waals surface area contributed by atoms with Gasteiger partial charge in [-0.25, -0.2) is 4.79 Å². The number of ether oxygens (including phenoxy) is 1. The fourth-order valence-corrected chi connectivity index (χ4v) is 3.33. The van der Waals surface area contributed by atoms with Crippen LogP contribution in [0.4, 0.5) is 4.79 Å². The third-order valence-corrected chi connectivity index (χ3v) is 5.06. The monoisotopic (exact) mass is 453 g/mol. The Balaban J connectivity index is 1.82. The van der Waals surface area contributed by atoms with Gasteiger partial charge in [-0.3, -0.25) is 9.59 Å². The average Bonchev–Trinajstić information content (AvgIpc) is 2.86. The summed E-state index contributed by atoms with van der Waals surface area (Å²) in [5.74, 6) is -0.126. The Morgan fingerprint density at radius 3 is 2.25 bits per heavy atom. The molecule has 0 atom stereocenters. The van der Waals surface area contributed by atoms with Gasteiger partial charge in [-0.1, -0.05) is 34.1 Å². The van der Waals surface area contributed by atoms with E-state index in [-0.39, 0.29) is 18.4 Å². The Labute approximate surface area is 174 Å². The first-order valence-corrected chi connectivity index (χ1v) is 10.2. The van der Waals surface area contributed by atoms with Crippen molar-refractivity contribution in [3.63, 3.8) is 0 Å². The number of amides is 3. The maximum atomic E-state index is 12.6. The van der Waals surface area contributed by atoms with E-state index in [9.17, 15) is 14.4 Å². The number of benzene rings is 1. The van der Waals surface area contributed by atoms with Crippen molar-refractivity contribution in [2.45, 2.75) is 39.2 Å². The van der Waals surface area contributed by atoms with Crippen molar-refractivity contribution in [2.24, 2.45) is 0 Å². The number of rotatable bonds is 4. The van der Waals surface area contributed by atoms with Gasteiger partial charge in [0.2, 0.25) is 11.8 Å². The molecule has 0 radical (unpaired) electrons. The normalized spacial score (nSPS) is 15.0. The molecule has 8 heteroatoms. The lowest BCUT2D eigenvalue weighted by Crippen LogP contribution is -2.43. The molecule has 1 aliphatic heterocycles. The van der Waals surface area contributed by atoms with Crippen molar-refractivity contribution in [2.75, 3.05) is 32.7 Å². The Morgan fingerprint density at radius 2 is 1.64 bits per heavy atom. The highest BCUT2D eigenvalue weighted by Gasteiger charge is 2.23. The van der Waals surface area contributed by atoms with Crippen LogP contribution in [0.1, 0.15) is 32.8 Å². The third kappa shape index (κ3) is 7.14. The fraction of sp³-hybridized carbons (Fsp3) is 0.550. The molecule has 1 aromatic carbocycles. The van der Waals surface area contributed by atoms with E-state index in [2.05, 4.69) is 21.2 Å². The summed E-state index contributed by atoms with van der Waals surface area (Å²) >= 11 is 3.47. The highest BCUT2D eigenvalue weighted by molar-refractivity contribution is 9.10. The molecule has 0 bridgehead atoms. The second kappa shape index (κ2) is 9.91. The second-order valence-corrected chi connectivity index (χ2v) is 8.59. The molecule has 1 aromatic rings. The number of hydrogen-bond acceptors (Lipinski definition) is 4. The number of nitrogens with one attached hydrogen (secondary N) is 1. The molecule has 0 saturated carbocycles. The summed E-state index contributed by atoms with van der Waals surface area (Å²) in [5.41, 5.74) is 0.343. The van der Waals surface area contributed by atoms with Gasteiger partial charge < -0.3 is 19.9 Å². The van der Waals surface area contributed by atoms with Crippen molar-refractivity contribution in [3.05, 3.63) is 34.3 Å². The van der Waals surface area contributed by atoms with Gasteiger partial charge in [-0.15, -0.1) is 0 Å². The quantitative estimate of drug-likeness (QED) is 0.759. The van der Waals surface area contributed by atoms with Crippen molar-refractivity contribution in [3.8, 4) is 0 Å². The SMILES string of the molecule is CC(C)(C)OC(=O)NCC(=O)N1CCCN(C(=O)Cc2ccccc2Br)CC1. The Morgan fingerprint density at radius 1 is 1.04 bits per heavy atom. The second-order valence-electron chi connectivity index (χ2n) is 7.74. The van der Waals surface area contributed by atoms with Crippen LogP contribution in [0, 0.1) is 0 Å². The largest absolute Gasteiger partial charge is 0.444 e. The number of hydrogen-bond donors (Lipinski definition) is 1. The molecule has 1 N–H and O–H groups in total. The predicted octanol–water partition coefficient (Wildman–Crippen LogP) is 2.58. The van der Waals surface area contributed by atoms with Gasteiger partial charge in [0.25, 0.3) is 0 Å². The van der Waals surface area contributed by atoms with Crippen LogP contribution in [0.5, 0.6) is 0 Å². The lowest BCUT2D eigenvalue weighted by atomic mass is 10.1. The molecule has 0 aliphatic carbocycles. The van der Waals surface area contributed by atoms with Crippen LogP contribution in [0.15, 0.2) is 28.7 Å². The van der Waals surface area contributed by atoms with E-state index in [0.717, 1.165) is 10.0 Å². The minimum absolute atomic E-state index is 0.0491. The van der Waals surface area contributed by atoms with Crippen LogP contribution in [-0.2, 0) is 20.7 Å². The number of halogens is 1. The lowest BCUT2D eigenvalue weighted by Gasteiger charge is -2.23. The molecule has 0 unspecified atom stereocenters. The van der Waals surface area contributed by atoms with Crippen molar-refractivity contribution >= 4 is 33.8 Å². The molecule has 28 heavy (non-hydrogen) atoms. The molecule has 1 aliphatic rings. The molecule has 7 nitrogen and oxygen atoms in total. The number of nitrogens with zero attached hydrogens (tertiary/aromatic N) is 2. The summed E-state index contributed by atoms with van der Waals surface area (Å²) in [6, 6.07) is 7.67. The van der Waals surface area contributed by atoms with Crippen LogP contribution in [0.25, 0.3) is 0 Å². The number of carbonyl (C=O) groups excluding carboxylic acids is 3. The van der Waals surface area contributed by atoms with E-state index in [4.69, 9.17) is 4.74 Å². The van der Waals surface area contributed by atoms with Crippen LogP contribution >= 0.6 is 15.9 Å². The van der Waals surface area contributed by atoms with Gasteiger partial charge in [-0.05, 0) is 38.8 Å². The fourth-order valence-electron chi connectivity index (χ4n) is 2.91. The van der Waals surface area contributed by atoms with Crippen LogP contribution in [0.3, 0.4) is 0 Å². The van der Waals surface area contributed by atoms with E-state index < -0.39 is 11.7 Å². The topological polar surface area (TPSA) is 79.0 Å². The van der Waals surface area contributed by atoms with E-state index in [1.54, 1.807) is 30.6 Å². The molecule has 1 heterocycles. The molecule has 0 aromatic heterocycles. The maximum Gasteiger partial charge on any atom is 0.408 e. The van der Waals surface area contributed by atoms with E-state index in [1.165, 1.54) is 0 Å². The molecule has 1 fully saturated rings. The van der Waals surface area contributed by atoms with Crippen molar-refractivity contribution in [1.29, 1.82) is 0 Å². The van der Waals surface area contributed by atoms with E-state index >= 15 is 0 Å².